The molecule has 0 atom stereocenters. The van der Waals surface area contributed by atoms with Gasteiger partial charge in [-0.2, -0.15) is 5.10 Å². The molecule has 0 spiro atoms. The molecule has 3 aromatic rings. The molecule has 0 saturated heterocycles. The molecule has 3 rings (SSSR count). The predicted octanol–water partition coefficient (Wildman–Crippen LogP) is 2.10. The van der Waals surface area contributed by atoms with E-state index in [1.165, 1.54) is 17.1 Å². The lowest BCUT2D eigenvalue weighted by atomic mass is 10.3. The van der Waals surface area contributed by atoms with Gasteiger partial charge in [0.15, 0.2) is 0 Å². The minimum absolute atomic E-state index is 0.0987. The van der Waals surface area contributed by atoms with Crippen molar-refractivity contribution in [1.82, 2.24) is 19.7 Å². The van der Waals surface area contributed by atoms with E-state index in [1.54, 1.807) is 12.1 Å². The van der Waals surface area contributed by atoms with E-state index in [0.717, 1.165) is 5.52 Å². The predicted molar refractivity (Wildman–Crippen MR) is 65.2 cm³/mol. The van der Waals surface area contributed by atoms with Crippen molar-refractivity contribution >= 4 is 28.6 Å². The molecule has 90 valence electrons. The third-order valence-electron chi connectivity index (χ3n) is 2.50. The van der Waals surface area contributed by atoms with Gasteiger partial charge in [-0.25, -0.2) is 14.5 Å². The number of para-hydroxylation sites is 1. The lowest BCUT2D eigenvalue weighted by Crippen LogP contribution is -1.97. The number of carboxylic acids is 1. The van der Waals surface area contributed by atoms with Gasteiger partial charge in [0.1, 0.15) is 5.52 Å². The van der Waals surface area contributed by atoms with Crippen LogP contribution in [0.1, 0.15) is 10.4 Å². The molecule has 0 unspecified atom stereocenters. The monoisotopic (exact) mass is 262 g/mol. The first-order valence-corrected chi connectivity index (χ1v) is 5.45. The number of benzene rings is 1. The van der Waals surface area contributed by atoms with Crippen LogP contribution in [0.15, 0.2) is 30.6 Å². The first-order valence-electron chi connectivity index (χ1n) is 5.08. The molecule has 0 aliphatic heterocycles. The highest BCUT2D eigenvalue weighted by Gasteiger charge is 2.11. The zero-order valence-electron chi connectivity index (χ0n) is 8.96. The van der Waals surface area contributed by atoms with E-state index in [4.69, 9.17) is 16.7 Å². The minimum atomic E-state index is -1.03. The zero-order valence-corrected chi connectivity index (χ0v) is 9.72. The number of carboxylic acid groups (broad SMARTS) is 1. The number of halogens is 1. The molecule has 0 bridgehead atoms. The van der Waals surface area contributed by atoms with Gasteiger partial charge in [0.05, 0.1) is 22.3 Å². The van der Waals surface area contributed by atoms with Crippen LogP contribution in [0.5, 0.6) is 0 Å². The molecule has 18 heavy (non-hydrogen) atoms. The number of nitrogens with zero attached hydrogens (tertiary/aromatic N) is 3. The number of carbonyl (C=O) groups is 1. The van der Waals surface area contributed by atoms with Gasteiger partial charge in [-0.3, -0.25) is 0 Å². The van der Waals surface area contributed by atoms with E-state index in [2.05, 4.69) is 15.1 Å². The van der Waals surface area contributed by atoms with Crippen LogP contribution in [0.4, 0.5) is 0 Å². The van der Waals surface area contributed by atoms with Crippen molar-refractivity contribution < 1.29 is 9.90 Å². The Morgan fingerprint density at radius 1 is 1.44 bits per heavy atom. The third kappa shape index (κ3) is 1.63. The summed E-state index contributed by atoms with van der Waals surface area (Å²) in [7, 11) is 0. The van der Waals surface area contributed by atoms with Crippen LogP contribution in [0.3, 0.4) is 0 Å². The summed E-state index contributed by atoms with van der Waals surface area (Å²) in [4.78, 5) is 18.1. The summed E-state index contributed by atoms with van der Waals surface area (Å²) < 4.78 is 1.36. The van der Waals surface area contributed by atoms with Crippen molar-refractivity contribution in [3.05, 3.63) is 41.2 Å². The molecular weight excluding hydrogens is 256 g/mol. The fourth-order valence-electron chi connectivity index (χ4n) is 1.64. The van der Waals surface area contributed by atoms with Gasteiger partial charge < -0.3 is 10.1 Å². The largest absolute Gasteiger partial charge is 0.478 e. The number of H-pyrrole nitrogens is 1. The Morgan fingerprint density at radius 2 is 2.28 bits per heavy atom. The van der Waals surface area contributed by atoms with Crippen LogP contribution in [-0.2, 0) is 0 Å². The zero-order chi connectivity index (χ0) is 12.7. The molecule has 0 aliphatic rings. The maximum absolute atomic E-state index is 10.8. The summed E-state index contributed by atoms with van der Waals surface area (Å²) >= 11 is 6.01. The van der Waals surface area contributed by atoms with Gasteiger partial charge in [0.25, 0.3) is 0 Å². The molecule has 0 radical (unpaired) electrons. The first-order chi connectivity index (χ1) is 8.65. The highest BCUT2D eigenvalue weighted by molar-refractivity contribution is 6.34. The second-order valence-corrected chi connectivity index (χ2v) is 4.08. The van der Waals surface area contributed by atoms with Crippen molar-refractivity contribution in [2.75, 3.05) is 0 Å². The second-order valence-electron chi connectivity index (χ2n) is 3.68. The van der Waals surface area contributed by atoms with Crippen molar-refractivity contribution in [2.24, 2.45) is 0 Å². The van der Waals surface area contributed by atoms with E-state index in [9.17, 15) is 4.79 Å². The van der Waals surface area contributed by atoms with E-state index >= 15 is 0 Å². The molecule has 2 N–H and O–H groups in total. The topological polar surface area (TPSA) is 83.8 Å². The van der Waals surface area contributed by atoms with Crippen molar-refractivity contribution in [3.63, 3.8) is 0 Å². The molecule has 0 aliphatic carbocycles. The Hall–Kier alpha value is -2.34. The lowest BCUT2D eigenvalue weighted by Gasteiger charge is -1.92. The molecule has 0 fully saturated rings. The molecule has 2 aromatic heterocycles. The summed E-state index contributed by atoms with van der Waals surface area (Å²) in [5.74, 6) is -0.610. The van der Waals surface area contributed by atoms with Gasteiger partial charge in [-0.15, -0.1) is 0 Å². The van der Waals surface area contributed by atoms with Gasteiger partial charge in [-0.05, 0) is 12.1 Å². The Bertz CT molecular complexity index is 746. The number of hydrogen-bond acceptors (Lipinski definition) is 3. The van der Waals surface area contributed by atoms with Gasteiger partial charge >= 0.3 is 5.97 Å². The van der Waals surface area contributed by atoms with Crippen LogP contribution in [0, 0.1) is 0 Å². The highest BCUT2D eigenvalue weighted by Crippen LogP contribution is 2.21. The van der Waals surface area contributed by atoms with Crippen molar-refractivity contribution in [2.45, 2.75) is 0 Å². The van der Waals surface area contributed by atoms with E-state index < -0.39 is 5.97 Å². The Labute approximate surface area is 106 Å². The fraction of sp³-hybridized carbons (Fsp3) is 0. The summed E-state index contributed by atoms with van der Waals surface area (Å²) in [6.07, 6.45) is 2.64. The average Bonchev–Trinajstić information content (AvgIpc) is 2.95. The van der Waals surface area contributed by atoms with Crippen LogP contribution >= 0.6 is 11.6 Å². The van der Waals surface area contributed by atoms with E-state index in [1.807, 2.05) is 6.07 Å². The number of imidazole rings is 1. The van der Waals surface area contributed by atoms with Gasteiger partial charge in [0, 0.05) is 6.20 Å². The summed E-state index contributed by atoms with van der Waals surface area (Å²) in [6.45, 7) is 0. The molecular formula is C11H7ClN4O2. The summed E-state index contributed by atoms with van der Waals surface area (Å²) in [6, 6.07) is 5.37. The molecule has 2 heterocycles. The van der Waals surface area contributed by atoms with E-state index in [0.29, 0.717) is 16.5 Å². The molecule has 7 heteroatoms. The van der Waals surface area contributed by atoms with Gasteiger partial charge in [0.2, 0.25) is 5.95 Å². The van der Waals surface area contributed by atoms with Crippen LogP contribution in [0.25, 0.3) is 17.0 Å². The highest BCUT2D eigenvalue weighted by atomic mass is 35.5. The molecule has 6 nitrogen and oxygen atoms in total. The average molecular weight is 263 g/mol. The maximum atomic E-state index is 10.8. The Balaban J connectivity index is 2.13. The number of aromatic amines is 1. The Kier molecular flexibility index (Phi) is 2.31. The number of nitrogens with one attached hydrogen (secondary N) is 1. The van der Waals surface area contributed by atoms with E-state index in [-0.39, 0.29) is 5.56 Å². The quantitative estimate of drug-likeness (QED) is 0.741. The van der Waals surface area contributed by atoms with Crippen LogP contribution in [-0.4, -0.2) is 30.8 Å². The smallest absolute Gasteiger partial charge is 0.338 e. The number of hydrogen-bond donors (Lipinski definition) is 2. The Morgan fingerprint density at radius 3 is 2.94 bits per heavy atom. The SMILES string of the molecule is O=C(O)c1cnn(-c2nc3c(Cl)cccc3[nH]2)c1. The van der Waals surface area contributed by atoms with Gasteiger partial charge in [-0.1, -0.05) is 17.7 Å². The maximum Gasteiger partial charge on any atom is 0.338 e. The normalized spacial score (nSPS) is 10.9. The number of fused-ring (bicyclic) bond motifs is 1. The van der Waals surface area contributed by atoms with Crippen molar-refractivity contribution in [3.8, 4) is 5.95 Å². The lowest BCUT2D eigenvalue weighted by molar-refractivity contribution is 0.0697. The second kappa shape index (κ2) is 3.85. The van der Waals surface area contributed by atoms with Crippen LogP contribution in [0.2, 0.25) is 5.02 Å². The first kappa shape index (κ1) is 10.8. The minimum Gasteiger partial charge on any atom is -0.478 e. The number of aromatic nitrogens is 4. The number of rotatable bonds is 2. The third-order valence-corrected chi connectivity index (χ3v) is 2.80. The molecule has 0 saturated carbocycles. The van der Waals surface area contributed by atoms with Crippen LogP contribution < -0.4 is 0 Å². The standard InChI is InChI=1S/C11H7ClN4O2/c12-7-2-1-3-8-9(7)15-11(14-8)16-5-6(4-13-16)10(17)18/h1-5H,(H,14,15)(H,17,18). The molecule has 1 aromatic carbocycles. The summed E-state index contributed by atoms with van der Waals surface area (Å²) in [5.41, 5.74) is 1.49. The van der Waals surface area contributed by atoms with Crippen molar-refractivity contribution in [1.29, 1.82) is 0 Å². The molecule has 0 amide bonds. The summed E-state index contributed by atoms with van der Waals surface area (Å²) in [5, 5.41) is 13.3. The number of aromatic carboxylic acids is 1. The fourth-order valence-corrected chi connectivity index (χ4v) is 1.86.